The van der Waals surface area contributed by atoms with E-state index in [0.29, 0.717) is 0 Å². The SMILES string of the molecule is Cc1ncc(C(=O)O)c(C(=O)O)c1Cl. The molecule has 0 spiro atoms. The molecule has 14 heavy (non-hydrogen) atoms. The molecule has 0 aromatic carbocycles. The van der Waals surface area contributed by atoms with E-state index in [2.05, 4.69) is 4.98 Å². The Hall–Kier alpha value is -1.62. The van der Waals surface area contributed by atoms with Gasteiger partial charge in [-0.25, -0.2) is 9.59 Å². The summed E-state index contributed by atoms with van der Waals surface area (Å²) in [5.41, 5.74) is -0.547. The van der Waals surface area contributed by atoms with E-state index < -0.39 is 23.1 Å². The molecule has 5 nitrogen and oxygen atoms in total. The molecular weight excluding hydrogens is 210 g/mol. The van der Waals surface area contributed by atoms with E-state index >= 15 is 0 Å². The van der Waals surface area contributed by atoms with E-state index in [-0.39, 0.29) is 10.7 Å². The molecule has 0 saturated heterocycles. The zero-order valence-corrected chi connectivity index (χ0v) is 7.87. The van der Waals surface area contributed by atoms with Gasteiger partial charge in [-0.3, -0.25) is 4.98 Å². The number of rotatable bonds is 2. The molecule has 0 fully saturated rings. The number of aromatic carboxylic acids is 2. The molecule has 0 aliphatic carbocycles. The van der Waals surface area contributed by atoms with Crippen LogP contribution in [0.4, 0.5) is 0 Å². The zero-order valence-electron chi connectivity index (χ0n) is 7.11. The second-order valence-electron chi connectivity index (χ2n) is 2.56. The van der Waals surface area contributed by atoms with Crippen molar-refractivity contribution in [3.8, 4) is 0 Å². The zero-order chi connectivity index (χ0) is 10.9. The monoisotopic (exact) mass is 215 g/mol. The molecule has 74 valence electrons. The molecule has 1 aromatic heterocycles. The fraction of sp³-hybridized carbons (Fsp3) is 0.125. The van der Waals surface area contributed by atoms with Gasteiger partial charge in [-0.15, -0.1) is 0 Å². The van der Waals surface area contributed by atoms with E-state index in [0.717, 1.165) is 6.20 Å². The topological polar surface area (TPSA) is 87.5 Å². The molecule has 1 aromatic rings. The first-order chi connectivity index (χ1) is 6.45. The van der Waals surface area contributed by atoms with Gasteiger partial charge < -0.3 is 10.2 Å². The molecule has 1 heterocycles. The molecule has 0 radical (unpaired) electrons. The molecule has 0 aliphatic rings. The van der Waals surface area contributed by atoms with Crippen molar-refractivity contribution in [2.24, 2.45) is 0 Å². The number of nitrogens with zero attached hydrogens (tertiary/aromatic N) is 1. The van der Waals surface area contributed by atoms with Crippen LogP contribution in [0.25, 0.3) is 0 Å². The van der Waals surface area contributed by atoms with Crippen LogP contribution in [0.5, 0.6) is 0 Å². The van der Waals surface area contributed by atoms with Crippen LogP contribution >= 0.6 is 11.6 Å². The number of carboxylic acids is 2. The number of carbonyl (C=O) groups is 2. The molecule has 1 rings (SSSR count). The summed E-state index contributed by atoms with van der Waals surface area (Å²) in [5.74, 6) is -2.74. The number of carboxylic acid groups (broad SMARTS) is 2. The van der Waals surface area contributed by atoms with Crippen LogP contribution in [0.2, 0.25) is 5.02 Å². The predicted molar refractivity (Wildman–Crippen MR) is 47.9 cm³/mol. The maximum Gasteiger partial charge on any atom is 0.338 e. The van der Waals surface area contributed by atoms with Crippen molar-refractivity contribution in [2.45, 2.75) is 6.92 Å². The van der Waals surface area contributed by atoms with Crippen LogP contribution in [-0.2, 0) is 0 Å². The van der Waals surface area contributed by atoms with E-state index in [1.807, 2.05) is 0 Å². The van der Waals surface area contributed by atoms with Crippen molar-refractivity contribution in [1.29, 1.82) is 0 Å². The third-order valence-electron chi connectivity index (χ3n) is 1.64. The van der Waals surface area contributed by atoms with Crippen molar-refractivity contribution in [1.82, 2.24) is 4.98 Å². The number of halogens is 1. The molecule has 0 bridgehead atoms. The average molecular weight is 216 g/mol. The van der Waals surface area contributed by atoms with Crippen molar-refractivity contribution in [3.05, 3.63) is 28.0 Å². The maximum atomic E-state index is 10.7. The number of hydrogen-bond donors (Lipinski definition) is 2. The van der Waals surface area contributed by atoms with Gasteiger partial charge >= 0.3 is 11.9 Å². The van der Waals surface area contributed by atoms with E-state index in [4.69, 9.17) is 21.8 Å². The summed E-state index contributed by atoms with van der Waals surface area (Å²) in [7, 11) is 0. The molecule has 0 unspecified atom stereocenters. The lowest BCUT2D eigenvalue weighted by Crippen LogP contribution is -2.10. The van der Waals surface area contributed by atoms with Crippen molar-refractivity contribution in [2.75, 3.05) is 0 Å². The Morgan fingerprint density at radius 1 is 1.36 bits per heavy atom. The Balaban J connectivity index is 3.53. The van der Waals surface area contributed by atoms with Gasteiger partial charge in [0.1, 0.15) is 0 Å². The summed E-state index contributed by atoms with van der Waals surface area (Å²) in [4.78, 5) is 25.0. The second kappa shape index (κ2) is 3.63. The van der Waals surface area contributed by atoms with Gasteiger partial charge in [-0.05, 0) is 6.92 Å². The first-order valence-corrected chi connectivity index (χ1v) is 3.94. The minimum atomic E-state index is -1.38. The fourth-order valence-corrected chi connectivity index (χ4v) is 1.18. The van der Waals surface area contributed by atoms with Gasteiger partial charge in [0.2, 0.25) is 0 Å². The summed E-state index contributed by atoms with van der Waals surface area (Å²) < 4.78 is 0. The normalized spacial score (nSPS) is 9.86. The highest BCUT2D eigenvalue weighted by Gasteiger charge is 2.21. The quantitative estimate of drug-likeness (QED) is 0.779. The van der Waals surface area contributed by atoms with Crippen molar-refractivity contribution in [3.63, 3.8) is 0 Å². The number of pyridine rings is 1. The summed E-state index contributed by atoms with van der Waals surface area (Å²) in [5, 5.41) is 17.3. The van der Waals surface area contributed by atoms with Gasteiger partial charge in [-0.2, -0.15) is 0 Å². The Labute approximate surface area is 84.0 Å². The van der Waals surface area contributed by atoms with Crippen molar-refractivity contribution < 1.29 is 19.8 Å². The van der Waals surface area contributed by atoms with E-state index in [1.165, 1.54) is 6.92 Å². The van der Waals surface area contributed by atoms with Crippen molar-refractivity contribution >= 4 is 23.5 Å². The first-order valence-electron chi connectivity index (χ1n) is 3.56. The highest BCUT2D eigenvalue weighted by molar-refractivity contribution is 6.34. The lowest BCUT2D eigenvalue weighted by molar-refractivity contribution is 0.0651. The van der Waals surface area contributed by atoms with E-state index in [1.54, 1.807) is 0 Å². The number of aryl methyl sites for hydroxylation is 1. The van der Waals surface area contributed by atoms with Crippen LogP contribution in [0.15, 0.2) is 6.20 Å². The van der Waals surface area contributed by atoms with Gasteiger partial charge in [0.15, 0.2) is 0 Å². The van der Waals surface area contributed by atoms with Gasteiger partial charge in [0.25, 0.3) is 0 Å². The Kier molecular flexibility index (Phi) is 2.71. The standard InChI is InChI=1S/C8H6ClNO4/c1-3-6(9)5(8(13)14)4(2-10-3)7(11)12/h2H,1H3,(H,11,12)(H,13,14). The number of hydrogen-bond acceptors (Lipinski definition) is 3. The third kappa shape index (κ3) is 1.67. The Morgan fingerprint density at radius 2 is 1.93 bits per heavy atom. The highest BCUT2D eigenvalue weighted by Crippen LogP contribution is 2.22. The summed E-state index contributed by atoms with van der Waals surface area (Å²) in [6, 6.07) is 0. The van der Waals surface area contributed by atoms with Gasteiger partial charge in [0, 0.05) is 6.20 Å². The van der Waals surface area contributed by atoms with Crippen LogP contribution in [-0.4, -0.2) is 27.1 Å². The second-order valence-corrected chi connectivity index (χ2v) is 2.93. The van der Waals surface area contributed by atoms with Gasteiger partial charge in [0.05, 0.1) is 21.8 Å². The summed E-state index contributed by atoms with van der Waals surface area (Å²) >= 11 is 5.63. The van der Waals surface area contributed by atoms with Crippen LogP contribution in [0.3, 0.4) is 0 Å². The molecule has 2 N–H and O–H groups in total. The fourth-order valence-electron chi connectivity index (χ4n) is 0.953. The maximum absolute atomic E-state index is 10.7. The lowest BCUT2D eigenvalue weighted by Gasteiger charge is -2.04. The lowest BCUT2D eigenvalue weighted by atomic mass is 10.1. The molecule has 0 saturated carbocycles. The smallest absolute Gasteiger partial charge is 0.338 e. The summed E-state index contributed by atoms with van der Waals surface area (Å²) in [6.45, 7) is 1.50. The molecule has 6 heteroatoms. The minimum Gasteiger partial charge on any atom is -0.478 e. The molecule has 0 atom stereocenters. The third-order valence-corrected chi connectivity index (χ3v) is 2.10. The van der Waals surface area contributed by atoms with Crippen LogP contribution in [0.1, 0.15) is 26.4 Å². The number of aromatic nitrogens is 1. The molecule has 0 amide bonds. The molecular formula is C8H6ClNO4. The molecule has 0 aliphatic heterocycles. The largest absolute Gasteiger partial charge is 0.478 e. The van der Waals surface area contributed by atoms with Crippen LogP contribution < -0.4 is 0 Å². The Bertz CT molecular complexity index is 416. The minimum absolute atomic E-state index is 0.141. The first kappa shape index (κ1) is 10.5. The average Bonchev–Trinajstić information content (AvgIpc) is 2.08. The van der Waals surface area contributed by atoms with Gasteiger partial charge in [-0.1, -0.05) is 11.6 Å². The Morgan fingerprint density at radius 3 is 2.36 bits per heavy atom. The summed E-state index contributed by atoms with van der Waals surface area (Å²) in [6.07, 6.45) is 0.979. The van der Waals surface area contributed by atoms with Crippen LogP contribution in [0, 0.1) is 6.92 Å². The highest BCUT2D eigenvalue weighted by atomic mass is 35.5. The predicted octanol–water partition coefficient (Wildman–Crippen LogP) is 1.44. The van der Waals surface area contributed by atoms with E-state index in [9.17, 15) is 9.59 Å².